The number of nitrogens with zero attached hydrogens (tertiary/aromatic N) is 2. The molecule has 2 heterocycles. The van der Waals surface area contributed by atoms with Gasteiger partial charge in [-0.05, 0) is 31.2 Å². The average Bonchev–Trinajstić information content (AvgIpc) is 3.32. The lowest BCUT2D eigenvalue weighted by Gasteiger charge is -2.12. The maximum atomic E-state index is 12.5. The van der Waals surface area contributed by atoms with Crippen LogP contribution < -0.4 is 5.32 Å². The fourth-order valence-electron chi connectivity index (χ4n) is 3.26. The molecule has 7 heteroatoms. The van der Waals surface area contributed by atoms with Gasteiger partial charge in [-0.15, -0.1) is 0 Å². The molecule has 150 valence electrons. The van der Waals surface area contributed by atoms with Crippen LogP contribution in [0.1, 0.15) is 18.7 Å². The minimum absolute atomic E-state index is 0.0618. The molecule has 2 aromatic heterocycles. The van der Waals surface area contributed by atoms with Crippen molar-refractivity contribution in [3.8, 4) is 0 Å². The Labute approximate surface area is 173 Å². The van der Waals surface area contributed by atoms with Crippen LogP contribution in [-0.2, 0) is 16.1 Å². The van der Waals surface area contributed by atoms with Gasteiger partial charge in [-0.2, -0.15) is 0 Å². The standard InChI is InChI=1S/C22H23N3O3S/c1-15(20-13-16-7-3-6-10-19(16)28-20)23-21(26)14-29-22-24-17-8-4-5-9-18(17)25(22)11-12-27-2/h3-10,13,15H,11-12,14H2,1-2H3,(H,23,26). The van der Waals surface area contributed by atoms with Gasteiger partial charge in [-0.25, -0.2) is 4.98 Å². The lowest BCUT2D eigenvalue weighted by Crippen LogP contribution is -2.28. The molecule has 1 atom stereocenters. The molecule has 29 heavy (non-hydrogen) atoms. The van der Waals surface area contributed by atoms with Crippen LogP contribution in [0.2, 0.25) is 0 Å². The Morgan fingerprint density at radius 3 is 2.86 bits per heavy atom. The van der Waals surface area contributed by atoms with Gasteiger partial charge < -0.3 is 19.0 Å². The van der Waals surface area contributed by atoms with E-state index in [1.165, 1.54) is 11.8 Å². The molecule has 4 aromatic rings. The quantitative estimate of drug-likeness (QED) is 0.437. The smallest absolute Gasteiger partial charge is 0.231 e. The van der Waals surface area contributed by atoms with E-state index in [2.05, 4.69) is 14.9 Å². The number of hydrogen-bond donors (Lipinski definition) is 1. The number of carbonyl (C=O) groups is 1. The number of imidazole rings is 1. The molecule has 0 aliphatic heterocycles. The molecule has 0 fully saturated rings. The minimum atomic E-state index is -0.206. The Balaban J connectivity index is 1.42. The molecule has 0 spiro atoms. The van der Waals surface area contributed by atoms with Crippen molar-refractivity contribution in [3.63, 3.8) is 0 Å². The van der Waals surface area contributed by atoms with E-state index < -0.39 is 0 Å². The number of carbonyl (C=O) groups excluding carboxylic acids is 1. The molecule has 1 unspecified atom stereocenters. The second kappa shape index (κ2) is 8.71. The Morgan fingerprint density at radius 2 is 2.03 bits per heavy atom. The number of furan rings is 1. The fourth-order valence-corrected chi connectivity index (χ4v) is 4.11. The summed E-state index contributed by atoms with van der Waals surface area (Å²) in [7, 11) is 1.68. The van der Waals surface area contributed by atoms with Crippen molar-refractivity contribution in [2.45, 2.75) is 24.7 Å². The predicted octanol–water partition coefficient (Wildman–Crippen LogP) is 4.40. The van der Waals surface area contributed by atoms with E-state index in [1.54, 1.807) is 7.11 Å². The number of para-hydroxylation sites is 3. The Morgan fingerprint density at radius 1 is 1.24 bits per heavy atom. The van der Waals surface area contributed by atoms with Crippen LogP contribution in [-0.4, -0.2) is 34.9 Å². The Kier molecular flexibility index (Phi) is 5.87. The largest absolute Gasteiger partial charge is 0.459 e. The molecule has 0 radical (unpaired) electrons. The van der Waals surface area contributed by atoms with Crippen LogP contribution in [0, 0.1) is 0 Å². The maximum absolute atomic E-state index is 12.5. The lowest BCUT2D eigenvalue weighted by molar-refractivity contribution is -0.119. The van der Waals surface area contributed by atoms with Crippen LogP contribution in [0.3, 0.4) is 0 Å². The molecule has 1 amide bonds. The number of ether oxygens (including phenoxy) is 1. The summed E-state index contributed by atoms with van der Waals surface area (Å²) in [6.45, 7) is 3.20. The molecule has 1 N–H and O–H groups in total. The van der Waals surface area contributed by atoms with E-state index in [0.29, 0.717) is 13.2 Å². The number of amides is 1. The van der Waals surface area contributed by atoms with Crippen molar-refractivity contribution in [3.05, 3.63) is 60.4 Å². The first-order chi connectivity index (χ1) is 14.2. The number of aromatic nitrogens is 2. The molecule has 0 saturated carbocycles. The zero-order chi connectivity index (χ0) is 20.2. The summed E-state index contributed by atoms with van der Waals surface area (Å²) in [4.78, 5) is 17.2. The van der Waals surface area contributed by atoms with Crippen LogP contribution in [0.25, 0.3) is 22.0 Å². The number of thioether (sulfide) groups is 1. The average molecular weight is 410 g/mol. The van der Waals surface area contributed by atoms with Gasteiger partial charge in [0.05, 0.1) is 29.4 Å². The highest BCUT2D eigenvalue weighted by Gasteiger charge is 2.16. The van der Waals surface area contributed by atoms with Gasteiger partial charge in [0.15, 0.2) is 5.16 Å². The van der Waals surface area contributed by atoms with E-state index in [1.807, 2.05) is 61.5 Å². The predicted molar refractivity (Wildman–Crippen MR) is 115 cm³/mol. The fraction of sp³-hybridized carbons (Fsp3) is 0.273. The highest BCUT2D eigenvalue weighted by Crippen LogP contribution is 2.25. The van der Waals surface area contributed by atoms with Crippen LogP contribution in [0.4, 0.5) is 0 Å². The Hall–Kier alpha value is -2.77. The Bertz CT molecular complexity index is 1100. The van der Waals surface area contributed by atoms with E-state index in [4.69, 9.17) is 9.15 Å². The van der Waals surface area contributed by atoms with Gasteiger partial charge in [-0.3, -0.25) is 4.79 Å². The third-order valence-electron chi connectivity index (χ3n) is 4.72. The van der Waals surface area contributed by atoms with Crippen molar-refractivity contribution in [2.24, 2.45) is 0 Å². The first-order valence-electron chi connectivity index (χ1n) is 9.50. The van der Waals surface area contributed by atoms with Gasteiger partial charge in [0.1, 0.15) is 11.3 Å². The second-order valence-electron chi connectivity index (χ2n) is 6.79. The van der Waals surface area contributed by atoms with Crippen molar-refractivity contribution in [1.29, 1.82) is 0 Å². The number of hydrogen-bond acceptors (Lipinski definition) is 5. The highest BCUT2D eigenvalue weighted by molar-refractivity contribution is 7.99. The molecule has 0 saturated heterocycles. The summed E-state index contributed by atoms with van der Waals surface area (Å²) in [5.74, 6) is 0.964. The maximum Gasteiger partial charge on any atom is 0.231 e. The summed E-state index contributed by atoms with van der Waals surface area (Å²) in [5, 5.41) is 4.86. The molecule has 6 nitrogen and oxygen atoms in total. The van der Waals surface area contributed by atoms with Crippen molar-refractivity contribution >= 4 is 39.7 Å². The van der Waals surface area contributed by atoms with E-state index in [-0.39, 0.29) is 17.7 Å². The third kappa shape index (κ3) is 4.31. The number of benzene rings is 2. The lowest BCUT2D eigenvalue weighted by atomic mass is 10.2. The molecule has 0 aliphatic carbocycles. The van der Waals surface area contributed by atoms with Gasteiger partial charge in [0.2, 0.25) is 5.91 Å². The van der Waals surface area contributed by atoms with Crippen molar-refractivity contribution in [1.82, 2.24) is 14.9 Å². The first kappa shape index (κ1) is 19.5. The SMILES string of the molecule is COCCn1c(SCC(=O)NC(C)c2cc3ccccc3o2)nc2ccccc21. The molecule has 4 rings (SSSR count). The summed E-state index contributed by atoms with van der Waals surface area (Å²) >= 11 is 1.43. The van der Waals surface area contributed by atoms with E-state index in [9.17, 15) is 4.79 Å². The summed E-state index contributed by atoms with van der Waals surface area (Å²) in [6, 6.07) is 17.6. The molecule has 2 aromatic carbocycles. The molecule has 0 bridgehead atoms. The molecular weight excluding hydrogens is 386 g/mol. The number of methoxy groups -OCH3 is 1. The molecular formula is C22H23N3O3S. The molecule has 0 aliphatic rings. The summed E-state index contributed by atoms with van der Waals surface area (Å²) < 4.78 is 13.2. The van der Waals surface area contributed by atoms with Gasteiger partial charge in [0.25, 0.3) is 0 Å². The van der Waals surface area contributed by atoms with Crippen LogP contribution >= 0.6 is 11.8 Å². The first-order valence-corrected chi connectivity index (χ1v) is 10.5. The zero-order valence-electron chi connectivity index (χ0n) is 16.4. The number of fused-ring (bicyclic) bond motifs is 2. The van der Waals surface area contributed by atoms with Gasteiger partial charge in [-0.1, -0.05) is 42.1 Å². The number of nitrogens with one attached hydrogen (secondary N) is 1. The van der Waals surface area contributed by atoms with Gasteiger partial charge in [0, 0.05) is 19.0 Å². The zero-order valence-corrected chi connectivity index (χ0v) is 17.2. The van der Waals surface area contributed by atoms with Crippen LogP contribution in [0.15, 0.2) is 64.2 Å². The second-order valence-corrected chi connectivity index (χ2v) is 7.73. The minimum Gasteiger partial charge on any atom is -0.459 e. The van der Waals surface area contributed by atoms with E-state index in [0.717, 1.165) is 32.9 Å². The van der Waals surface area contributed by atoms with Crippen LogP contribution in [0.5, 0.6) is 0 Å². The highest BCUT2D eigenvalue weighted by atomic mass is 32.2. The summed E-state index contributed by atoms with van der Waals surface area (Å²) in [6.07, 6.45) is 0. The van der Waals surface area contributed by atoms with Crippen molar-refractivity contribution < 1.29 is 13.9 Å². The van der Waals surface area contributed by atoms with Gasteiger partial charge >= 0.3 is 0 Å². The third-order valence-corrected chi connectivity index (χ3v) is 5.70. The monoisotopic (exact) mass is 409 g/mol. The van der Waals surface area contributed by atoms with E-state index >= 15 is 0 Å². The summed E-state index contributed by atoms with van der Waals surface area (Å²) in [5.41, 5.74) is 2.79. The number of rotatable bonds is 8. The normalized spacial score (nSPS) is 12.5. The van der Waals surface area contributed by atoms with Crippen molar-refractivity contribution in [2.75, 3.05) is 19.5 Å². The topological polar surface area (TPSA) is 69.3 Å².